The molecule has 1 aliphatic heterocycles. The Morgan fingerprint density at radius 1 is 0.861 bits per heavy atom. The standard InChI is InChI=1S/C27H25F2N7/c1-34-4-6-35(7-5-34)26-3-2-19(12-30-26)20-10-24-25(15-32-27(24)31-13-20)21-14-33-36(17-21)16-18-8-22(28)11-23(29)9-18/h2-3,8-15,17H,4-7,16H2,1H3,(H,31,32). The molecule has 5 heterocycles. The number of anilines is 1. The molecule has 7 nitrogen and oxygen atoms in total. The molecule has 0 atom stereocenters. The largest absolute Gasteiger partial charge is 0.354 e. The summed E-state index contributed by atoms with van der Waals surface area (Å²) in [6.45, 7) is 4.30. The second kappa shape index (κ2) is 9.16. The first-order chi connectivity index (χ1) is 17.5. The predicted molar refractivity (Wildman–Crippen MR) is 136 cm³/mol. The molecule has 9 heteroatoms. The number of aromatic amines is 1. The summed E-state index contributed by atoms with van der Waals surface area (Å²) in [4.78, 5) is 17.2. The lowest BCUT2D eigenvalue weighted by Gasteiger charge is -2.33. The van der Waals surface area contributed by atoms with E-state index in [0.717, 1.165) is 71.4 Å². The van der Waals surface area contributed by atoms with Gasteiger partial charge < -0.3 is 14.8 Å². The van der Waals surface area contributed by atoms with Crippen LogP contribution in [0.5, 0.6) is 0 Å². The molecule has 4 aromatic heterocycles. The summed E-state index contributed by atoms with van der Waals surface area (Å²) in [5.74, 6) is -0.203. The number of hydrogen-bond donors (Lipinski definition) is 1. The molecule has 6 rings (SSSR count). The Balaban J connectivity index is 1.25. The molecule has 1 aromatic carbocycles. The SMILES string of the molecule is CN1CCN(c2ccc(-c3cnc4[nH]cc(-c5cnn(Cc6cc(F)cc(F)c6)c5)c4c3)cn2)CC1. The van der Waals surface area contributed by atoms with Crippen LogP contribution in [0.1, 0.15) is 5.56 Å². The molecule has 1 N–H and O–H groups in total. The average Bonchev–Trinajstić information content (AvgIpc) is 3.50. The molecule has 36 heavy (non-hydrogen) atoms. The van der Waals surface area contributed by atoms with Gasteiger partial charge in [0.1, 0.15) is 23.1 Å². The van der Waals surface area contributed by atoms with E-state index in [1.165, 1.54) is 12.1 Å². The minimum Gasteiger partial charge on any atom is -0.354 e. The maximum absolute atomic E-state index is 13.6. The fourth-order valence-corrected chi connectivity index (χ4v) is 4.66. The number of halogens is 2. The first-order valence-electron chi connectivity index (χ1n) is 11.9. The molecule has 1 fully saturated rings. The fraction of sp³-hybridized carbons (Fsp3) is 0.222. The summed E-state index contributed by atoms with van der Waals surface area (Å²) >= 11 is 0. The second-order valence-electron chi connectivity index (χ2n) is 9.22. The van der Waals surface area contributed by atoms with Gasteiger partial charge in [0.05, 0.1) is 12.7 Å². The number of piperazine rings is 1. The highest BCUT2D eigenvalue weighted by molar-refractivity contribution is 5.95. The van der Waals surface area contributed by atoms with Crippen LogP contribution >= 0.6 is 0 Å². The molecule has 0 saturated carbocycles. The number of likely N-dealkylation sites (N-methyl/N-ethyl adjacent to an activating group) is 1. The zero-order chi connectivity index (χ0) is 24.6. The lowest BCUT2D eigenvalue weighted by Crippen LogP contribution is -2.44. The van der Waals surface area contributed by atoms with E-state index < -0.39 is 11.6 Å². The van der Waals surface area contributed by atoms with Crippen molar-refractivity contribution in [3.8, 4) is 22.3 Å². The van der Waals surface area contributed by atoms with Gasteiger partial charge >= 0.3 is 0 Å². The van der Waals surface area contributed by atoms with Crippen LogP contribution in [0.2, 0.25) is 0 Å². The van der Waals surface area contributed by atoms with Crippen molar-refractivity contribution in [1.82, 2.24) is 29.6 Å². The molecule has 0 radical (unpaired) electrons. The molecule has 0 amide bonds. The second-order valence-corrected chi connectivity index (χ2v) is 9.22. The van der Waals surface area contributed by atoms with Crippen molar-refractivity contribution in [2.45, 2.75) is 6.54 Å². The zero-order valence-electron chi connectivity index (χ0n) is 19.8. The summed E-state index contributed by atoms with van der Waals surface area (Å²) in [5.41, 5.74) is 5.11. The van der Waals surface area contributed by atoms with Gasteiger partial charge in [-0.05, 0) is 42.9 Å². The highest BCUT2D eigenvalue weighted by Gasteiger charge is 2.16. The predicted octanol–water partition coefficient (Wildman–Crippen LogP) is 4.57. The molecule has 0 bridgehead atoms. The van der Waals surface area contributed by atoms with Gasteiger partial charge in [0.25, 0.3) is 0 Å². The number of fused-ring (bicyclic) bond motifs is 1. The molecule has 0 aliphatic carbocycles. The molecular formula is C27H25F2N7. The smallest absolute Gasteiger partial charge is 0.137 e. The van der Waals surface area contributed by atoms with Crippen LogP contribution in [0.15, 0.2) is 67.4 Å². The molecule has 0 unspecified atom stereocenters. The van der Waals surface area contributed by atoms with Crippen LogP contribution in [0.4, 0.5) is 14.6 Å². The van der Waals surface area contributed by atoms with Crippen molar-refractivity contribution in [3.63, 3.8) is 0 Å². The van der Waals surface area contributed by atoms with Gasteiger partial charge in [0.2, 0.25) is 0 Å². The van der Waals surface area contributed by atoms with E-state index in [-0.39, 0.29) is 6.54 Å². The number of H-pyrrole nitrogens is 1. The van der Waals surface area contributed by atoms with Crippen LogP contribution in [-0.2, 0) is 6.54 Å². The van der Waals surface area contributed by atoms with Gasteiger partial charge in [-0.3, -0.25) is 4.68 Å². The molecule has 182 valence electrons. The van der Waals surface area contributed by atoms with E-state index in [9.17, 15) is 8.78 Å². The van der Waals surface area contributed by atoms with Crippen molar-refractivity contribution in [3.05, 3.63) is 84.6 Å². The third-order valence-corrected chi connectivity index (χ3v) is 6.65. The third-order valence-electron chi connectivity index (χ3n) is 6.65. The molecule has 1 aliphatic rings. The van der Waals surface area contributed by atoms with Gasteiger partial charge in [-0.2, -0.15) is 5.10 Å². The topological polar surface area (TPSA) is 65.9 Å². The molecular weight excluding hydrogens is 460 g/mol. The van der Waals surface area contributed by atoms with E-state index in [1.807, 2.05) is 24.8 Å². The molecule has 0 spiro atoms. The Morgan fingerprint density at radius 2 is 1.64 bits per heavy atom. The summed E-state index contributed by atoms with van der Waals surface area (Å²) in [5, 5.41) is 5.36. The lowest BCUT2D eigenvalue weighted by atomic mass is 10.1. The normalized spacial score (nSPS) is 14.6. The van der Waals surface area contributed by atoms with Crippen molar-refractivity contribution in [2.24, 2.45) is 0 Å². The van der Waals surface area contributed by atoms with Crippen molar-refractivity contribution < 1.29 is 8.78 Å². The number of benzene rings is 1. The van der Waals surface area contributed by atoms with Crippen LogP contribution in [-0.4, -0.2) is 62.9 Å². The maximum atomic E-state index is 13.6. The van der Waals surface area contributed by atoms with Gasteiger partial charge in [-0.15, -0.1) is 0 Å². The van der Waals surface area contributed by atoms with Gasteiger partial charge in [0, 0.05) is 84.7 Å². The number of rotatable bonds is 5. The number of nitrogens with one attached hydrogen (secondary N) is 1. The van der Waals surface area contributed by atoms with Crippen molar-refractivity contribution >= 4 is 16.9 Å². The monoisotopic (exact) mass is 485 g/mol. The Labute approximate surface area is 207 Å². The highest BCUT2D eigenvalue weighted by Crippen LogP contribution is 2.31. The number of nitrogens with zero attached hydrogens (tertiary/aromatic N) is 6. The Hall–Kier alpha value is -4.11. The first-order valence-corrected chi connectivity index (χ1v) is 11.9. The number of hydrogen-bond acceptors (Lipinski definition) is 5. The van der Waals surface area contributed by atoms with Crippen molar-refractivity contribution in [2.75, 3.05) is 38.1 Å². The third kappa shape index (κ3) is 4.45. The van der Waals surface area contributed by atoms with E-state index in [0.29, 0.717) is 5.56 Å². The summed E-state index contributed by atoms with van der Waals surface area (Å²) < 4.78 is 28.8. The van der Waals surface area contributed by atoms with E-state index in [2.05, 4.69) is 50.1 Å². The fourth-order valence-electron chi connectivity index (χ4n) is 4.66. The Bertz CT molecular complexity index is 1490. The van der Waals surface area contributed by atoms with Crippen LogP contribution < -0.4 is 4.90 Å². The van der Waals surface area contributed by atoms with Gasteiger partial charge in [-0.25, -0.2) is 18.7 Å². The maximum Gasteiger partial charge on any atom is 0.137 e. The number of aromatic nitrogens is 5. The van der Waals surface area contributed by atoms with Gasteiger partial charge in [-0.1, -0.05) is 0 Å². The quantitative estimate of drug-likeness (QED) is 0.395. The minimum atomic E-state index is -0.598. The summed E-state index contributed by atoms with van der Waals surface area (Å²) in [6, 6.07) is 9.75. The lowest BCUT2D eigenvalue weighted by molar-refractivity contribution is 0.312. The van der Waals surface area contributed by atoms with Crippen LogP contribution in [0.25, 0.3) is 33.3 Å². The van der Waals surface area contributed by atoms with Crippen LogP contribution in [0.3, 0.4) is 0 Å². The molecule has 5 aromatic rings. The average molecular weight is 486 g/mol. The van der Waals surface area contributed by atoms with E-state index in [4.69, 9.17) is 4.98 Å². The van der Waals surface area contributed by atoms with Crippen LogP contribution in [0, 0.1) is 11.6 Å². The van der Waals surface area contributed by atoms with E-state index >= 15 is 0 Å². The Morgan fingerprint density at radius 3 is 2.39 bits per heavy atom. The van der Waals surface area contributed by atoms with Crippen molar-refractivity contribution in [1.29, 1.82) is 0 Å². The first kappa shape index (κ1) is 22.4. The molecule has 1 saturated heterocycles. The zero-order valence-corrected chi connectivity index (χ0v) is 19.8. The van der Waals surface area contributed by atoms with E-state index in [1.54, 1.807) is 10.9 Å². The summed E-state index contributed by atoms with van der Waals surface area (Å²) in [6.07, 6.45) is 9.26. The minimum absolute atomic E-state index is 0.270. The summed E-state index contributed by atoms with van der Waals surface area (Å²) in [7, 11) is 2.14. The highest BCUT2D eigenvalue weighted by atomic mass is 19.1. The Kier molecular flexibility index (Phi) is 5.69. The van der Waals surface area contributed by atoms with Gasteiger partial charge in [0.15, 0.2) is 0 Å². The number of pyridine rings is 2.